The van der Waals surface area contributed by atoms with Gasteiger partial charge in [-0.05, 0) is 111 Å². The lowest BCUT2D eigenvalue weighted by Crippen LogP contribution is -2.10. The van der Waals surface area contributed by atoms with Crippen LogP contribution in [0.25, 0.3) is 105 Å². The predicted octanol–water partition coefficient (Wildman–Crippen LogP) is 18.0. The molecule has 3 nitrogen and oxygen atoms in total. The standard InChI is InChI=1S/C64H42N2O/c1-2-24-52-43(16-1)17-14-29-53(52)48-21-13-23-51(42-48)65(49-38-36-44(37-39-49)55-30-15-31-59-58-28-6-10-35-63(58)67-64(55)59)50-22-12-19-46(41-50)45-18-11-20-47(40-45)54-25-3-7-32-60(54)66-61-33-8-4-26-56(61)57-27-5-9-34-62(57)66/h1-42H. The minimum Gasteiger partial charge on any atom is -0.455 e. The van der Waals surface area contributed by atoms with E-state index < -0.39 is 0 Å². The monoisotopic (exact) mass is 854 g/mol. The number of para-hydroxylation sites is 5. The molecule has 67 heavy (non-hydrogen) atoms. The van der Waals surface area contributed by atoms with Crippen LogP contribution in [-0.4, -0.2) is 4.57 Å². The van der Waals surface area contributed by atoms with Gasteiger partial charge in [0, 0.05) is 49.7 Å². The fourth-order valence-corrected chi connectivity index (χ4v) is 10.3. The van der Waals surface area contributed by atoms with Crippen LogP contribution in [0.5, 0.6) is 0 Å². The molecule has 3 heteroatoms. The van der Waals surface area contributed by atoms with Gasteiger partial charge in [-0.3, -0.25) is 0 Å². The number of anilines is 3. The van der Waals surface area contributed by atoms with E-state index in [1.807, 2.05) is 12.1 Å². The van der Waals surface area contributed by atoms with Gasteiger partial charge < -0.3 is 13.9 Å². The summed E-state index contributed by atoms with van der Waals surface area (Å²) >= 11 is 0. The molecule has 0 radical (unpaired) electrons. The van der Waals surface area contributed by atoms with Gasteiger partial charge in [0.05, 0.1) is 16.7 Å². The number of aromatic nitrogens is 1. The maximum atomic E-state index is 6.48. The minimum atomic E-state index is 0.900. The molecular weight excluding hydrogens is 813 g/mol. The summed E-state index contributed by atoms with van der Waals surface area (Å²) < 4.78 is 8.90. The summed E-state index contributed by atoms with van der Waals surface area (Å²) in [6, 6.07) is 91.9. The van der Waals surface area contributed by atoms with Crippen molar-refractivity contribution >= 4 is 71.6 Å². The quantitative estimate of drug-likeness (QED) is 0.152. The molecular formula is C64H42N2O. The third-order valence-corrected chi connectivity index (χ3v) is 13.4. The highest BCUT2D eigenvalue weighted by molar-refractivity contribution is 6.11. The second-order valence-electron chi connectivity index (χ2n) is 17.3. The van der Waals surface area contributed by atoms with Crippen LogP contribution in [0.2, 0.25) is 0 Å². The van der Waals surface area contributed by atoms with E-state index in [0.29, 0.717) is 0 Å². The molecule has 13 aromatic rings. The Kier molecular flexibility index (Phi) is 9.17. The van der Waals surface area contributed by atoms with Crippen molar-refractivity contribution in [3.05, 3.63) is 255 Å². The Morgan fingerprint density at radius 2 is 0.806 bits per heavy atom. The van der Waals surface area contributed by atoms with Gasteiger partial charge in [-0.25, -0.2) is 0 Å². The molecule has 0 saturated heterocycles. The fourth-order valence-electron chi connectivity index (χ4n) is 10.3. The molecule has 0 aliphatic carbocycles. The molecule has 0 atom stereocenters. The van der Waals surface area contributed by atoms with E-state index in [2.05, 4.69) is 252 Å². The molecule has 0 aliphatic heterocycles. The topological polar surface area (TPSA) is 21.3 Å². The smallest absolute Gasteiger partial charge is 0.143 e. The third-order valence-electron chi connectivity index (χ3n) is 13.4. The van der Waals surface area contributed by atoms with E-state index in [1.165, 1.54) is 49.3 Å². The molecule has 0 fully saturated rings. The lowest BCUT2D eigenvalue weighted by Gasteiger charge is -2.27. The molecule has 0 spiro atoms. The molecule has 11 aromatic carbocycles. The van der Waals surface area contributed by atoms with Gasteiger partial charge in [-0.15, -0.1) is 0 Å². The predicted molar refractivity (Wildman–Crippen MR) is 282 cm³/mol. The first kappa shape index (κ1) is 38.5. The Morgan fingerprint density at radius 1 is 0.299 bits per heavy atom. The molecule has 314 valence electrons. The highest BCUT2D eigenvalue weighted by Gasteiger charge is 2.19. The summed E-state index contributed by atoms with van der Waals surface area (Å²) in [6.45, 7) is 0. The Morgan fingerprint density at radius 3 is 1.58 bits per heavy atom. The first-order valence-electron chi connectivity index (χ1n) is 22.9. The number of furan rings is 1. The molecule has 2 heterocycles. The van der Waals surface area contributed by atoms with E-state index in [0.717, 1.165) is 72.5 Å². The summed E-state index contributed by atoms with van der Waals surface area (Å²) in [5, 5.41) is 7.23. The van der Waals surface area contributed by atoms with E-state index in [1.54, 1.807) is 0 Å². The van der Waals surface area contributed by atoms with Gasteiger partial charge in [0.25, 0.3) is 0 Å². The van der Waals surface area contributed by atoms with Crippen molar-refractivity contribution in [2.75, 3.05) is 4.90 Å². The minimum absolute atomic E-state index is 0.900. The zero-order valence-electron chi connectivity index (χ0n) is 36.6. The van der Waals surface area contributed by atoms with Crippen LogP contribution >= 0.6 is 0 Å². The average Bonchev–Trinajstić information content (AvgIpc) is 3.95. The molecule has 0 N–H and O–H groups in total. The van der Waals surface area contributed by atoms with Crippen LogP contribution < -0.4 is 4.90 Å². The van der Waals surface area contributed by atoms with Crippen molar-refractivity contribution in [3.8, 4) is 50.2 Å². The molecule has 13 rings (SSSR count). The maximum absolute atomic E-state index is 6.48. The summed E-state index contributed by atoms with van der Waals surface area (Å²) in [5.41, 5.74) is 17.7. The number of benzene rings is 11. The number of nitrogens with zero attached hydrogens (tertiary/aromatic N) is 2. The zero-order valence-corrected chi connectivity index (χ0v) is 36.6. The summed E-state index contributed by atoms with van der Waals surface area (Å²) in [6.07, 6.45) is 0. The highest BCUT2D eigenvalue weighted by atomic mass is 16.3. The molecule has 2 aromatic heterocycles. The van der Waals surface area contributed by atoms with E-state index in [4.69, 9.17) is 4.42 Å². The van der Waals surface area contributed by atoms with Crippen LogP contribution in [-0.2, 0) is 0 Å². The molecule has 0 saturated carbocycles. The molecule has 0 aliphatic rings. The number of fused-ring (bicyclic) bond motifs is 7. The van der Waals surface area contributed by atoms with Gasteiger partial charge in [-0.2, -0.15) is 0 Å². The Balaban J connectivity index is 0.929. The van der Waals surface area contributed by atoms with Crippen molar-refractivity contribution in [3.63, 3.8) is 0 Å². The van der Waals surface area contributed by atoms with E-state index in [-0.39, 0.29) is 0 Å². The van der Waals surface area contributed by atoms with Gasteiger partial charge in [0.1, 0.15) is 11.2 Å². The number of hydrogen-bond donors (Lipinski definition) is 0. The molecule has 0 unspecified atom stereocenters. The number of rotatable bonds is 8. The Hall–Kier alpha value is -8.92. The fraction of sp³-hybridized carbons (Fsp3) is 0. The van der Waals surface area contributed by atoms with Crippen LogP contribution in [0.1, 0.15) is 0 Å². The summed E-state index contributed by atoms with van der Waals surface area (Å²) in [7, 11) is 0. The van der Waals surface area contributed by atoms with Gasteiger partial charge in [0.15, 0.2) is 0 Å². The third kappa shape index (κ3) is 6.59. The summed E-state index contributed by atoms with van der Waals surface area (Å²) in [5.74, 6) is 0. The number of hydrogen-bond acceptors (Lipinski definition) is 2. The van der Waals surface area contributed by atoms with Crippen LogP contribution in [0.4, 0.5) is 17.1 Å². The van der Waals surface area contributed by atoms with Crippen molar-refractivity contribution < 1.29 is 4.42 Å². The Bertz CT molecular complexity index is 3950. The normalized spacial score (nSPS) is 11.6. The van der Waals surface area contributed by atoms with Crippen molar-refractivity contribution in [1.29, 1.82) is 0 Å². The lowest BCUT2D eigenvalue weighted by atomic mass is 9.96. The maximum Gasteiger partial charge on any atom is 0.143 e. The van der Waals surface area contributed by atoms with Crippen LogP contribution in [0, 0.1) is 0 Å². The highest BCUT2D eigenvalue weighted by Crippen LogP contribution is 2.43. The van der Waals surface area contributed by atoms with Crippen molar-refractivity contribution in [2.24, 2.45) is 0 Å². The Labute approximate surface area is 388 Å². The van der Waals surface area contributed by atoms with Crippen LogP contribution in [0.3, 0.4) is 0 Å². The van der Waals surface area contributed by atoms with E-state index in [9.17, 15) is 0 Å². The average molecular weight is 855 g/mol. The second-order valence-corrected chi connectivity index (χ2v) is 17.3. The SMILES string of the molecule is c1cc(-c2cccc(N(c3ccc(-c4cccc5c4oc4ccccc45)cc3)c3cccc(-c4cccc5ccccc45)c3)c2)cc(-c2ccccc2-n2c3ccccc3c3ccccc32)c1. The largest absolute Gasteiger partial charge is 0.455 e. The molecule has 0 amide bonds. The zero-order chi connectivity index (χ0) is 44.3. The first-order chi connectivity index (χ1) is 33.2. The van der Waals surface area contributed by atoms with Crippen LogP contribution in [0.15, 0.2) is 259 Å². The second kappa shape index (κ2) is 16.0. The summed E-state index contributed by atoms with van der Waals surface area (Å²) in [4.78, 5) is 2.38. The lowest BCUT2D eigenvalue weighted by molar-refractivity contribution is 0.670. The first-order valence-corrected chi connectivity index (χ1v) is 22.9. The van der Waals surface area contributed by atoms with E-state index >= 15 is 0 Å². The van der Waals surface area contributed by atoms with Gasteiger partial charge in [0.2, 0.25) is 0 Å². The van der Waals surface area contributed by atoms with Gasteiger partial charge >= 0.3 is 0 Å². The molecule has 0 bridgehead atoms. The van der Waals surface area contributed by atoms with Gasteiger partial charge in [-0.1, -0.05) is 188 Å². The van der Waals surface area contributed by atoms with Crippen molar-refractivity contribution in [2.45, 2.75) is 0 Å². The van der Waals surface area contributed by atoms with Crippen molar-refractivity contribution in [1.82, 2.24) is 4.57 Å².